The molecule has 3 nitrogen and oxygen atoms in total. The second-order valence-electron chi connectivity index (χ2n) is 6.11. The Labute approximate surface area is 135 Å². The van der Waals surface area contributed by atoms with E-state index in [0.717, 1.165) is 29.2 Å². The lowest BCUT2D eigenvalue weighted by Gasteiger charge is -2.25. The van der Waals surface area contributed by atoms with Crippen molar-refractivity contribution in [1.82, 2.24) is 14.7 Å². The molecule has 0 aliphatic heterocycles. The van der Waals surface area contributed by atoms with Crippen LogP contribution in [0, 0.1) is 5.92 Å². The fourth-order valence-electron chi connectivity index (χ4n) is 3.09. The number of nitrogens with one attached hydrogen (secondary N) is 1. The van der Waals surface area contributed by atoms with Crippen molar-refractivity contribution in [3.05, 3.63) is 17.3 Å². The molecule has 3 rings (SSSR count). The molecule has 116 valence electrons. The van der Waals surface area contributed by atoms with Gasteiger partial charge in [0.2, 0.25) is 0 Å². The second-order valence-corrected chi connectivity index (χ2v) is 8.27. The first-order valence-electron chi connectivity index (χ1n) is 8.09. The van der Waals surface area contributed by atoms with Crippen molar-refractivity contribution >= 4 is 28.1 Å². The maximum atomic E-state index is 4.87. The van der Waals surface area contributed by atoms with Gasteiger partial charge in [0.1, 0.15) is 5.03 Å². The number of fused-ring (bicyclic) bond motifs is 1. The molecule has 0 radical (unpaired) electrons. The van der Waals surface area contributed by atoms with Crippen LogP contribution >= 0.6 is 23.1 Å². The van der Waals surface area contributed by atoms with Gasteiger partial charge in [-0.3, -0.25) is 4.40 Å². The van der Waals surface area contributed by atoms with Gasteiger partial charge in [-0.1, -0.05) is 26.7 Å². The van der Waals surface area contributed by atoms with Gasteiger partial charge in [0.05, 0.1) is 5.69 Å². The number of thioether (sulfide) groups is 1. The molecule has 2 atom stereocenters. The van der Waals surface area contributed by atoms with Gasteiger partial charge in [-0.15, -0.1) is 23.1 Å². The van der Waals surface area contributed by atoms with E-state index in [1.165, 1.54) is 42.8 Å². The van der Waals surface area contributed by atoms with Crippen LogP contribution in [0.15, 0.2) is 16.6 Å². The first kappa shape index (κ1) is 15.4. The summed E-state index contributed by atoms with van der Waals surface area (Å²) in [7, 11) is 0. The molecule has 0 spiro atoms. The summed E-state index contributed by atoms with van der Waals surface area (Å²) in [5, 5.41) is 7.67. The van der Waals surface area contributed by atoms with E-state index in [2.05, 4.69) is 35.1 Å². The number of imidazole rings is 1. The summed E-state index contributed by atoms with van der Waals surface area (Å²) >= 11 is 3.75. The molecule has 0 aromatic carbocycles. The Hall–Kier alpha value is -0.520. The monoisotopic (exact) mass is 323 g/mol. The minimum atomic E-state index is 0.753. The van der Waals surface area contributed by atoms with Crippen LogP contribution in [0.3, 0.4) is 0 Å². The van der Waals surface area contributed by atoms with Gasteiger partial charge in [-0.05, 0) is 31.7 Å². The molecule has 2 aromatic rings. The molecule has 0 saturated heterocycles. The topological polar surface area (TPSA) is 29.3 Å². The zero-order valence-corrected chi connectivity index (χ0v) is 14.6. The minimum absolute atomic E-state index is 0.753. The highest BCUT2D eigenvalue weighted by atomic mass is 32.2. The van der Waals surface area contributed by atoms with Crippen molar-refractivity contribution < 1.29 is 0 Å². The molecular formula is C16H25N3S2. The Bertz CT molecular complexity index is 575. The second kappa shape index (κ2) is 7.16. The van der Waals surface area contributed by atoms with Gasteiger partial charge >= 0.3 is 0 Å². The summed E-state index contributed by atoms with van der Waals surface area (Å²) in [6.07, 6.45) is 8.81. The molecule has 5 heteroatoms. The van der Waals surface area contributed by atoms with Gasteiger partial charge in [0.15, 0.2) is 4.96 Å². The normalized spacial score (nSPS) is 23.0. The molecule has 1 saturated carbocycles. The van der Waals surface area contributed by atoms with Crippen LogP contribution in [-0.4, -0.2) is 21.2 Å². The van der Waals surface area contributed by atoms with Crippen LogP contribution in [0.1, 0.15) is 51.6 Å². The van der Waals surface area contributed by atoms with Gasteiger partial charge in [-0.25, -0.2) is 4.98 Å². The quantitative estimate of drug-likeness (QED) is 0.790. The Morgan fingerprint density at radius 2 is 2.38 bits per heavy atom. The molecule has 1 aliphatic rings. The predicted octanol–water partition coefficient (Wildman–Crippen LogP) is 4.57. The highest BCUT2D eigenvalue weighted by molar-refractivity contribution is 7.99. The summed E-state index contributed by atoms with van der Waals surface area (Å²) in [6, 6.07) is 0. The molecule has 2 heterocycles. The number of nitrogens with zero attached hydrogens (tertiary/aromatic N) is 2. The van der Waals surface area contributed by atoms with E-state index in [9.17, 15) is 0 Å². The van der Waals surface area contributed by atoms with Crippen LogP contribution in [-0.2, 0) is 6.54 Å². The van der Waals surface area contributed by atoms with E-state index in [1.54, 1.807) is 11.3 Å². The van der Waals surface area contributed by atoms with Crippen LogP contribution in [0.5, 0.6) is 0 Å². The van der Waals surface area contributed by atoms with Gasteiger partial charge in [0, 0.05) is 23.4 Å². The molecule has 1 aliphatic carbocycles. The summed E-state index contributed by atoms with van der Waals surface area (Å²) < 4.78 is 2.27. The summed E-state index contributed by atoms with van der Waals surface area (Å²) in [4.78, 5) is 6.01. The molecule has 0 bridgehead atoms. The van der Waals surface area contributed by atoms with Crippen LogP contribution < -0.4 is 5.32 Å². The van der Waals surface area contributed by atoms with Crippen molar-refractivity contribution in [3.8, 4) is 0 Å². The average Bonchev–Trinajstić information content (AvgIpc) is 3.02. The Morgan fingerprint density at radius 1 is 1.48 bits per heavy atom. The van der Waals surface area contributed by atoms with Crippen molar-refractivity contribution in [2.45, 2.75) is 62.8 Å². The summed E-state index contributed by atoms with van der Waals surface area (Å²) in [5.41, 5.74) is 1.35. The van der Waals surface area contributed by atoms with E-state index < -0.39 is 0 Å². The van der Waals surface area contributed by atoms with Crippen LogP contribution in [0.2, 0.25) is 0 Å². The maximum Gasteiger partial charge on any atom is 0.194 e. The van der Waals surface area contributed by atoms with Crippen molar-refractivity contribution in [2.75, 3.05) is 6.54 Å². The van der Waals surface area contributed by atoms with E-state index in [4.69, 9.17) is 4.98 Å². The van der Waals surface area contributed by atoms with Gasteiger partial charge in [0.25, 0.3) is 0 Å². The standard InChI is InChI=1S/C16H25N3S2/c1-3-7-17-11-14-15(18-16-19(14)8-9-20-16)21-13-6-4-5-12(2)10-13/h8-9,12-13,17H,3-7,10-11H2,1-2H3. The van der Waals surface area contributed by atoms with E-state index in [0.29, 0.717) is 0 Å². The van der Waals surface area contributed by atoms with Crippen LogP contribution in [0.25, 0.3) is 4.96 Å². The molecule has 0 amide bonds. The molecule has 1 fully saturated rings. The maximum absolute atomic E-state index is 4.87. The van der Waals surface area contributed by atoms with Crippen molar-refractivity contribution in [3.63, 3.8) is 0 Å². The molecule has 2 unspecified atom stereocenters. The Morgan fingerprint density at radius 3 is 3.19 bits per heavy atom. The lowest BCUT2D eigenvalue weighted by molar-refractivity contribution is 0.394. The SMILES string of the molecule is CCCNCc1c(SC2CCCC(C)C2)nc2sccn12. The molecule has 1 N–H and O–H groups in total. The van der Waals surface area contributed by atoms with Gasteiger partial charge < -0.3 is 5.32 Å². The molecular weight excluding hydrogens is 298 g/mol. The fourth-order valence-corrected chi connectivity index (χ4v) is 5.36. The van der Waals surface area contributed by atoms with E-state index in [1.807, 2.05) is 11.8 Å². The summed E-state index contributed by atoms with van der Waals surface area (Å²) in [5.74, 6) is 0.877. The first-order chi connectivity index (χ1) is 10.3. The number of aromatic nitrogens is 2. The average molecular weight is 324 g/mol. The zero-order valence-electron chi connectivity index (χ0n) is 13.0. The van der Waals surface area contributed by atoms with Gasteiger partial charge in [-0.2, -0.15) is 0 Å². The van der Waals surface area contributed by atoms with E-state index in [-0.39, 0.29) is 0 Å². The van der Waals surface area contributed by atoms with Crippen LogP contribution in [0.4, 0.5) is 0 Å². The minimum Gasteiger partial charge on any atom is -0.311 e. The predicted molar refractivity (Wildman–Crippen MR) is 92.3 cm³/mol. The fraction of sp³-hybridized carbons (Fsp3) is 0.688. The van der Waals surface area contributed by atoms with Crippen molar-refractivity contribution in [2.24, 2.45) is 5.92 Å². The molecule has 21 heavy (non-hydrogen) atoms. The third-order valence-corrected chi connectivity index (χ3v) is 6.28. The highest BCUT2D eigenvalue weighted by Crippen LogP contribution is 2.37. The number of hydrogen-bond donors (Lipinski definition) is 1. The smallest absolute Gasteiger partial charge is 0.194 e. The number of rotatable bonds is 6. The van der Waals surface area contributed by atoms with E-state index >= 15 is 0 Å². The Kier molecular flexibility index (Phi) is 5.24. The third kappa shape index (κ3) is 3.63. The zero-order chi connectivity index (χ0) is 14.7. The number of thiazole rings is 1. The number of hydrogen-bond acceptors (Lipinski definition) is 4. The largest absolute Gasteiger partial charge is 0.311 e. The lowest BCUT2D eigenvalue weighted by Crippen LogP contribution is -2.17. The molecule has 2 aromatic heterocycles. The summed E-state index contributed by atoms with van der Waals surface area (Å²) in [6.45, 7) is 6.60. The Balaban J connectivity index is 1.76. The highest BCUT2D eigenvalue weighted by Gasteiger charge is 2.23. The van der Waals surface area contributed by atoms with Crippen molar-refractivity contribution in [1.29, 1.82) is 0 Å². The third-order valence-electron chi connectivity index (χ3n) is 4.21. The first-order valence-corrected chi connectivity index (χ1v) is 9.85. The lowest BCUT2D eigenvalue weighted by atomic mass is 9.91.